The average molecular weight is 433 g/mol. The minimum atomic E-state index is -3.66. The van der Waals surface area contributed by atoms with Crippen LogP contribution in [-0.4, -0.2) is 32.4 Å². The van der Waals surface area contributed by atoms with Gasteiger partial charge in [0.15, 0.2) is 0 Å². The van der Waals surface area contributed by atoms with Gasteiger partial charge in [0, 0.05) is 43.3 Å². The summed E-state index contributed by atoms with van der Waals surface area (Å²) < 4.78 is 26.7. The summed E-state index contributed by atoms with van der Waals surface area (Å²) in [5, 5.41) is 0. The molecule has 10 heteroatoms. The fourth-order valence-electron chi connectivity index (χ4n) is 2.93. The number of pyridine rings is 1. The van der Waals surface area contributed by atoms with Gasteiger partial charge in [0.2, 0.25) is 15.9 Å². The summed E-state index contributed by atoms with van der Waals surface area (Å²) in [5.41, 5.74) is 8.49. The van der Waals surface area contributed by atoms with Crippen molar-refractivity contribution >= 4 is 52.1 Å². The van der Waals surface area contributed by atoms with Crippen LogP contribution < -0.4 is 15.4 Å². The fourth-order valence-corrected chi connectivity index (χ4v) is 3.92. The molecule has 0 bridgehead atoms. The highest BCUT2D eigenvalue weighted by molar-refractivity contribution is 7.89. The number of halogens is 2. The summed E-state index contributed by atoms with van der Waals surface area (Å²) in [4.78, 5) is 18.1. The molecular formula is C17H22Cl2N4O3S. The molecule has 2 aromatic rings. The van der Waals surface area contributed by atoms with Gasteiger partial charge >= 0.3 is 0 Å². The third-order valence-electron chi connectivity index (χ3n) is 4.16. The van der Waals surface area contributed by atoms with Crippen molar-refractivity contribution in [2.24, 2.45) is 0 Å². The minimum absolute atomic E-state index is 0. The predicted octanol–water partition coefficient (Wildman–Crippen LogP) is 2.16. The molecule has 1 aromatic heterocycles. The molecule has 0 fully saturated rings. The van der Waals surface area contributed by atoms with Gasteiger partial charge in [0.1, 0.15) is 4.90 Å². The highest BCUT2D eigenvalue weighted by atomic mass is 35.5. The Morgan fingerprint density at radius 2 is 2.00 bits per heavy atom. The number of aromatic nitrogens is 1. The van der Waals surface area contributed by atoms with Gasteiger partial charge in [-0.2, -0.15) is 0 Å². The van der Waals surface area contributed by atoms with Gasteiger partial charge in [0.05, 0.1) is 0 Å². The summed E-state index contributed by atoms with van der Waals surface area (Å²) in [6.07, 6.45) is 4.54. The lowest BCUT2D eigenvalue weighted by molar-refractivity contribution is -0.118. The van der Waals surface area contributed by atoms with E-state index in [1.54, 1.807) is 11.0 Å². The smallest absolute Gasteiger partial charge is 0.242 e. The number of fused-ring (bicyclic) bond motifs is 1. The molecule has 148 valence electrons. The average Bonchev–Trinajstić information content (AvgIpc) is 2.62. The van der Waals surface area contributed by atoms with Crippen molar-refractivity contribution in [1.82, 2.24) is 9.71 Å². The minimum Gasteiger partial charge on any atom is -0.398 e. The van der Waals surface area contributed by atoms with Gasteiger partial charge in [0.25, 0.3) is 0 Å². The molecule has 0 aliphatic carbocycles. The van der Waals surface area contributed by atoms with E-state index in [2.05, 4.69) is 9.71 Å². The number of nitrogens with two attached hydrogens (primary N) is 1. The highest BCUT2D eigenvalue weighted by Gasteiger charge is 2.24. The lowest BCUT2D eigenvalue weighted by Gasteiger charge is -2.30. The molecule has 2 heterocycles. The molecule has 27 heavy (non-hydrogen) atoms. The van der Waals surface area contributed by atoms with Crippen molar-refractivity contribution in [3.05, 3.63) is 48.3 Å². The zero-order chi connectivity index (χ0) is 17.9. The zero-order valence-electron chi connectivity index (χ0n) is 14.5. The molecule has 0 spiro atoms. The van der Waals surface area contributed by atoms with Gasteiger partial charge < -0.3 is 10.6 Å². The van der Waals surface area contributed by atoms with Crippen molar-refractivity contribution in [2.45, 2.75) is 24.2 Å². The highest BCUT2D eigenvalue weighted by Crippen LogP contribution is 2.31. The van der Waals surface area contributed by atoms with E-state index >= 15 is 0 Å². The zero-order valence-corrected chi connectivity index (χ0v) is 16.9. The largest absolute Gasteiger partial charge is 0.398 e. The number of amides is 1. The van der Waals surface area contributed by atoms with E-state index < -0.39 is 10.0 Å². The number of carbonyl (C=O) groups is 1. The van der Waals surface area contributed by atoms with Crippen LogP contribution >= 0.6 is 24.8 Å². The second-order valence-electron chi connectivity index (χ2n) is 5.83. The Labute approximate surface area is 171 Å². The first-order valence-electron chi connectivity index (χ1n) is 8.06. The molecule has 3 N–H and O–H groups in total. The van der Waals surface area contributed by atoms with Crippen molar-refractivity contribution in [3.8, 4) is 0 Å². The van der Waals surface area contributed by atoms with Crippen LogP contribution in [-0.2, 0) is 21.2 Å². The van der Waals surface area contributed by atoms with Crippen LogP contribution in [0, 0.1) is 0 Å². The van der Waals surface area contributed by atoms with Gasteiger partial charge in [-0.1, -0.05) is 6.07 Å². The van der Waals surface area contributed by atoms with E-state index in [1.807, 2.05) is 18.2 Å². The lowest BCUT2D eigenvalue weighted by Crippen LogP contribution is -2.38. The summed E-state index contributed by atoms with van der Waals surface area (Å²) in [7, 11) is -3.66. The summed E-state index contributed by atoms with van der Waals surface area (Å²) in [5.74, 6) is -0.125. The number of nitrogens with one attached hydrogen (secondary N) is 1. The third kappa shape index (κ3) is 5.32. The first kappa shape index (κ1) is 23.2. The van der Waals surface area contributed by atoms with E-state index in [4.69, 9.17) is 5.73 Å². The molecule has 3 rings (SSSR count). The fraction of sp³-hybridized carbons (Fsp3) is 0.294. The third-order valence-corrected chi connectivity index (χ3v) is 5.61. The summed E-state index contributed by atoms with van der Waals surface area (Å²) in [6.45, 7) is 0.648. The number of hydrogen-bond acceptors (Lipinski definition) is 5. The maximum Gasteiger partial charge on any atom is 0.242 e. The van der Waals surface area contributed by atoms with Crippen LogP contribution in [0.2, 0.25) is 0 Å². The van der Waals surface area contributed by atoms with Crippen LogP contribution in [0.3, 0.4) is 0 Å². The Hall–Kier alpha value is -1.87. The number of carbonyl (C=O) groups excluding carboxylic acids is 1. The molecule has 1 aromatic carbocycles. The number of anilines is 2. The van der Waals surface area contributed by atoms with Crippen molar-refractivity contribution in [1.29, 1.82) is 0 Å². The Morgan fingerprint density at radius 1 is 1.22 bits per heavy atom. The van der Waals surface area contributed by atoms with E-state index in [0.717, 1.165) is 24.1 Å². The molecule has 1 amide bonds. The number of benzene rings is 1. The van der Waals surface area contributed by atoms with E-state index in [0.29, 0.717) is 12.2 Å². The normalized spacial score (nSPS) is 13.1. The molecule has 1 aliphatic heterocycles. The monoisotopic (exact) mass is 432 g/mol. The van der Waals surface area contributed by atoms with Crippen LogP contribution in [0.15, 0.2) is 47.6 Å². The Morgan fingerprint density at radius 3 is 2.70 bits per heavy atom. The number of hydrogen-bond donors (Lipinski definition) is 2. The van der Waals surface area contributed by atoms with Crippen molar-refractivity contribution in [2.75, 3.05) is 23.7 Å². The molecule has 0 atom stereocenters. The summed E-state index contributed by atoms with van der Waals surface area (Å²) >= 11 is 0. The lowest BCUT2D eigenvalue weighted by atomic mass is 9.99. The first-order valence-corrected chi connectivity index (χ1v) is 9.55. The molecule has 1 aliphatic rings. The second kappa shape index (κ2) is 9.89. The Bertz CT molecular complexity index is 879. The number of sulfonamides is 1. The number of nitrogens with zero attached hydrogens (tertiary/aromatic N) is 2. The maximum atomic E-state index is 12.5. The SMILES string of the molecule is Cl.Cl.Nc1cccc2c1CCCN2C(=O)CCNS(=O)(=O)c1cccnc1. The molecule has 0 radical (unpaired) electrons. The van der Waals surface area contributed by atoms with Crippen LogP contribution in [0.1, 0.15) is 18.4 Å². The molecule has 7 nitrogen and oxygen atoms in total. The van der Waals surface area contributed by atoms with Gasteiger partial charge in [-0.05, 0) is 42.7 Å². The second-order valence-corrected chi connectivity index (χ2v) is 7.60. The van der Waals surface area contributed by atoms with Crippen molar-refractivity contribution < 1.29 is 13.2 Å². The number of nitrogen functional groups attached to an aromatic ring is 1. The van der Waals surface area contributed by atoms with E-state index in [-0.39, 0.29) is 48.6 Å². The van der Waals surface area contributed by atoms with E-state index in [1.165, 1.54) is 18.5 Å². The number of rotatable bonds is 5. The molecule has 0 saturated heterocycles. The molecule has 0 saturated carbocycles. The van der Waals surface area contributed by atoms with Crippen molar-refractivity contribution in [3.63, 3.8) is 0 Å². The Kier molecular flexibility index (Phi) is 8.49. The predicted molar refractivity (Wildman–Crippen MR) is 110 cm³/mol. The standard InChI is InChI=1S/C17H20N4O3S.2ClH/c18-15-6-1-7-16-14(15)5-3-11-21(16)17(22)8-10-20-25(23,24)13-4-2-9-19-12-13;;/h1-2,4,6-7,9,12,20H,3,5,8,10-11,18H2;2*1H. The topological polar surface area (TPSA) is 105 Å². The van der Waals surface area contributed by atoms with Gasteiger partial charge in [-0.15, -0.1) is 24.8 Å². The van der Waals surface area contributed by atoms with E-state index in [9.17, 15) is 13.2 Å². The first-order chi connectivity index (χ1) is 12.0. The van der Waals surface area contributed by atoms with Crippen LogP contribution in [0.25, 0.3) is 0 Å². The van der Waals surface area contributed by atoms with Crippen LogP contribution in [0.4, 0.5) is 11.4 Å². The molecular weight excluding hydrogens is 411 g/mol. The van der Waals surface area contributed by atoms with Gasteiger partial charge in [-0.25, -0.2) is 13.1 Å². The van der Waals surface area contributed by atoms with Gasteiger partial charge in [-0.3, -0.25) is 9.78 Å². The Balaban J connectivity index is 0.00000182. The van der Waals surface area contributed by atoms with Crippen LogP contribution in [0.5, 0.6) is 0 Å². The summed E-state index contributed by atoms with van der Waals surface area (Å²) in [6, 6.07) is 8.54. The quantitative estimate of drug-likeness (QED) is 0.703. The maximum absolute atomic E-state index is 12.5. The molecule has 0 unspecified atom stereocenters.